The summed E-state index contributed by atoms with van der Waals surface area (Å²) < 4.78 is 0. The van der Waals surface area contributed by atoms with Crippen LogP contribution in [0.15, 0.2) is 0 Å². The monoisotopic (exact) mass is 174 g/mol. The molecule has 0 unspecified atom stereocenters. The fraction of sp³-hybridized carbons (Fsp3) is 1.00. The van der Waals surface area contributed by atoms with Gasteiger partial charge in [-0.1, -0.05) is 0 Å². The van der Waals surface area contributed by atoms with Gasteiger partial charge in [-0.05, 0) is 19.3 Å². The van der Waals surface area contributed by atoms with Crippen molar-refractivity contribution >= 4 is 34.8 Å². The Morgan fingerprint density at radius 1 is 1.12 bits per heavy atom. The van der Waals surface area contributed by atoms with Gasteiger partial charge in [0, 0.05) is 5.88 Å². The predicted octanol–water partition coefficient (Wildman–Crippen LogP) is 3.20. The van der Waals surface area contributed by atoms with Crippen molar-refractivity contribution in [1.29, 1.82) is 0 Å². The van der Waals surface area contributed by atoms with Crippen LogP contribution in [-0.2, 0) is 0 Å². The highest BCUT2D eigenvalue weighted by Gasteiger charge is 1.95. The van der Waals surface area contributed by atoms with Crippen molar-refractivity contribution in [3.05, 3.63) is 0 Å². The lowest BCUT2D eigenvalue weighted by molar-refractivity contribution is 0.760. The van der Waals surface area contributed by atoms with Gasteiger partial charge < -0.3 is 0 Å². The smallest absolute Gasteiger partial charge is 0.107 e. The maximum atomic E-state index is 5.44. The minimum atomic E-state index is -0.210. The number of rotatable bonds is 4. The lowest BCUT2D eigenvalue weighted by atomic mass is 10.3. The average Bonchev–Trinajstić information content (AvgIpc) is 1.66. The van der Waals surface area contributed by atoms with Crippen LogP contribution in [0.1, 0.15) is 19.3 Å². The average molecular weight is 175 g/mol. The third-order valence-electron chi connectivity index (χ3n) is 0.806. The van der Waals surface area contributed by atoms with Gasteiger partial charge in [0.25, 0.3) is 0 Å². The zero-order valence-electron chi connectivity index (χ0n) is 4.54. The molecule has 0 saturated heterocycles. The van der Waals surface area contributed by atoms with Gasteiger partial charge in [-0.25, -0.2) is 0 Å². The minimum Gasteiger partial charge on any atom is -0.127 e. The van der Waals surface area contributed by atoms with E-state index >= 15 is 0 Å². The molecule has 8 heavy (non-hydrogen) atoms. The Labute approximate surface area is 65.1 Å². The number of alkyl halides is 3. The topological polar surface area (TPSA) is 0 Å². The van der Waals surface area contributed by atoms with Crippen molar-refractivity contribution < 1.29 is 0 Å². The zero-order valence-corrected chi connectivity index (χ0v) is 6.81. The second-order valence-corrected chi connectivity index (χ2v) is 3.23. The predicted molar refractivity (Wildman–Crippen MR) is 40.1 cm³/mol. The standard InChI is InChI=1S/C5H9Cl3/c6-4-2-1-3-5(7)8/h5H,1-4H2. The normalized spacial score (nSPS) is 10.5. The lowest BCUT2D eigenvalue weighted by Gasteiger charge is -1.96. The first kappa shape index (κ1) is 8.87. The van der Waals surface area contributed by atoms with Gasteiger partial charge in [-0.15, -0.1) is 34.8 Å². The maximum Gasteiger partial charge on any atom is 0.107 e. The first-order chi connectivity index (χ1) is 3.77. The number of hydrogen-bond acceptors (Lipinski definition) is 0. The molecule has 0 nitrogen and oxygen atoms in total. The molecule has 0 rings (SSSR count). The Balaban J connectivity index is 2.72. The van der Waals surface area contributed by atoms with Crippen molar-refractivity contribution in [2.24, 2.45) is 0 Å². The van der Waals surface area contributed by atoms with E-state index in [0.717, 1.165) is 19.3 Å². The van der Waals surface area contributed by atoms with Gasteiger partial charge in [-0.2, -0.15) is 0 Å². The second kappa shape index (κ2) is 6.00. The molecule has 0 heterocycles. The SMILES string of the molecule is ClCCCCC(Cl)Cl. The van der Waals surface area contributed by atoms with Gasteiger partial charge in [0.15, 0.2) is 0 Å². The summed E-state index contributed by atoms with van der Waals surface area (Å²) in [6.45, 7) is 0. The first-order valence-corrected chi connectivity index (χ1v) is 4.02. The molecule has 0 bridgehead atoms. The van der Waals surface area contributed by atoms with Gasteiger partial charge in [0.05, 0.1) is 0 Å². The highest BCUT2D eigenvalue weighted by molar-refractivity contribution is 6.44. The summed E-state index contributed by atoms with van der Waals surface area (Å²) in [5, 5.41) is 0. The summed E-state index contributed by atoms with van der Waals surface area (Å²) in [5.41, 5.74) is 0. The number of hydrogen-bond donors (Lipinski definition) is 0. The molecular formula is C5H9Cl3. The van der Waals surface area contributed by atoms with Crippen LogP contribution in [0.2, 0.25) is 0 Å². The summed E-state index contributed by atoms with van der Waals surface area (Å²) in [6.07, 6.45) is 2.90. The van der Waals surface area contributed by atoms with Crippen LogP contribution in [-0.4, -0.2) is 10.7 Å². The molecule has 0 aromatic rings. The molecular weight excluding hydrogens is 166 g/mol. The molecule has 0 saturated carbocycles. The highest BCUT2D eigenvalue weighted by Crippen LogP contribution is 2.10. The summed E-state index contributed by atoms with van der Waals surface area (Å²) in [6, 6.07) is 0. The molecule has 0 aliphatic heterocycles. The molecule has 0 aliphatic carbocycles. The lowest BCUT2D eigenvalue weighted by Crippen LogP contribution is -1.86. The molecule has 0 aromatic carbocycles. The zero-order chi connectivity index (χ0) is 6.41. The van der Waals surface area contributed by atoms with Gasteiger partial charge in [-0.3, -0.25) is 0 Å². The van der Waals surface area contributed by atoms with Crippen molar-refractivity contribution in [1.82, 2.24) is 0 Å². The van der Waals surface area contributed by atoms with E-state index in [0.29, 0.717) is 5.88 Å². The number of unbranched alkanes of at least 4 members (excludes halogenated alkanes) is 1. The Morgan fingerprint density at radius 3 is 2.12 bits per heavy atom. The van der Waals surface area contributed by atoms with E-state index in [4.69, 9.17) is 34.8 Å². The van der Waals surface area contributed by atoms with E-state index in [9.17, 15) is 0 Å². The third-order valence-corrected chi connectivity index (χ3v) is 1.51. The van der Waals surface area contributed by atoms with E-state index < -0.39 is 0 Å². The quantitative estimate of drug-likeness (QED) is 0.455. The van der Waals surface area contributed by atoms with E-state index in [-0.39, 0.29) is 4.84 Å². The van der Waals surface area contributed by atoms with Gasteiger partial charge in [0.2, 0.25) is 0 Å². The van der Waals surface area contributed by atoms with Crippen molar-refractivity contribution in [3.8, 4) is 0 Å². The Kier molecular flexibility index (Phi) is 6.65. The molecule has 0 N–H and O–H groups in total. The minimum absolute atomic E-state index is 0.210. The molecule has 0 atom stereocenters. The molecule has 0 radical (unpaired) electrons. The highest BCUT2D eigenvalue weighted by atomic mass is 35.5. The Morgan fingerprint density at radius 2 is 1.75 bits per heavy atom. The van der Waals surface area contributed by atoms with E-state index in [1.54, 1.807) is 0 Å². The molecule has 3 heteroatoms. The van der Waals surface area contributed by atoms with Crippen LogP contribution >= 0.6 is 34.8 Å². The van der Waals surface area contributed by atoms with E-state index in [1.165, 1.54) is 0 Å². The van der Waals surface area contributed by atoms with E-state index in [1.807, 2.05) is 0 Å². The fourth-order valence-electron chi connectivity index (χ4n) is 0.393. The number of halogens is 3. The Bertz CT molecular complexity index is 44.9. The fourth-order valence-corrected chi connectivity index (χ4v) is 0.891. The van der Waals surface area contributed by atoms with Gasteiger partial charge in [0.1, 0.15) is 4.84 Å². The van der Waals surface area contributed by atoms with Crippen LogP contribution in [0, 0.1) is 0 Å². The van der Waals surface area contributed by atoms with Crippen molar-refractivity contribution in [3.63, 3.8) is 0 Å². The Hall–Kier alpha value is 0.870. The molecule has 0 fully saturated rings. The molecule has 0 aromatic heterocycles. The van der Waals surface area contributed by atoms with Gasteiger partial charge >= 0.3 is 0 Å². The molecule has 0 spiro atoms. The van der Waals surface area contributed by atoms with E-state index in [2.05, 4.69) is 0 Å². The van der Waals surface area contributed by atoms with Crippen molar-refractivity contribution in [2.75, 3.05) is 5.88 Å². The molecule has 0 amide bonds. The summed E-state index contributed by atoms with van der Waals surface area (Å²) >= 11 is 16.3. The molecule has 0 aliphatic rings. The van der Waals surface area contributed by atoms with Crippen LogP contribution in [0.5, 0.6) is 0 Å². The maximum absolute atomic E-state index is 5.44. The first-order valence-electron chi connectivity index (χ1n) is 2.61. The van der Waals surface area contributed by atoms with Crippen LogP contribution in [0.4, 0.5) is 0 Å². The summed E-state index contributed by atoms with van der Waals surface area (Å²) in [7, 11) is 0. The summed E-state index contributed by atoms with van der Waals surface area (Å²) in [4.78, 5) is -0.210. The van der Waals surface area contributed by atoms with Crippen LogP contribution in [0.3, 0.4) is 0 Å². The summed E-state index contributed by atoms with van der Waals surface area (Å²) in [5.74, 6) is 0.709. The molecule has 50 valence electrons. The van der Waals surface area contributed by atoms with Crippen LogP contribution < -0.4 is 0 Å². The third kappa shape index (κ3) is 6.87. The van der Waals surface area contributed by atoms with Crippen LogP contribution in [0.25, 0.3) is 0 Å². The second-order valence-electron chi connectivity index (χ2n) is 1.58. The van der Waals surface area contributed by atoms with Crippen molar-refractivity contribution in [2.45, 2.75) is 24.1 Å². The largest absolute Gasteiger partial charge is 0.127 e.